The molecule has 3 heterocycles. The maximum absolute atomic E-state index is 10.6. The first-order chi connectivity index (χ1) is 14.9. The number of hydrogen-bond acceptors (Lipinski definition) is 10. The molecular formula is C23H42N6O4. The smallest absolute Gasteiger partial charge is 0.324 e. The van der Waals surface area contributed by atoms with Crippen LogP contribution in [0.15, 0.2) is 0 Å². The first-order valence-electron chi connectivity index (χ1n) is 11.7. The van der Waals surface area contributed by atoms with Crippen LogP contribution in [0.1, 0.15) is 81.1 Å². The van der Waals surface area contributed by atoms with E-state index in [0.29, 0.717) is 31.6 Å². The van der Waals surface area contributed by atoms with Crippen LogP contribution >= 0.6 is 0 Å². The molecule has 0 atom stereocenters. The minimum absolute atomic E-state index is 0.167. The molecule has 2 N–H and O–H groups in total. The number of aromatic nitrogens is 3. The van der Waals surface area contributed by atoms with Gasteiger partial charge in [-0.15, -0.1) is 4.98 Å². The van der Waals surface area contributed by atoms with Gasteiger partial charge in [0.05, 0.1) is 0 Å². The third-order valence-corrected chi connectivity index (χ3v) is 6.73. The summed E-state index contributed by atoms with van der Waals surface area (Å²) in [6.45, 7) is 16.0. The zero-order chi connectivity index (χ0) is 25.0. The fraction of sp³-hybridized carbons (Fsp3) is 0.870. The predicted molar refractivity (Wildman–Crippen MR) is 125 cm³/mol. The Labute approximate surface area is 197 Å². The fourth-order valence-corrected chi connectivity index (χ4v) is 5.46. The highest BCUT2D eigenvalue weighted by Crippen LogP contribution is 2.39. The second-order valence-corrected chi connectivity index (χ2v) is 12.3. The molecule has 0 amide bonds. The molecule has 0 aromatic carbocycles. The molecular weight excluding hydrogens is 424 g/mol. The van der Waals surface area contributed by atoms with E-state index >= 15 is 0 Å². The van der Waals surface area contributed by atoms with Crippen LogP contribution < -0.4 is 14.4 Å². The Bertz CT molecular complexity index is 759. The Morgan fingerprint density at radius 3 is 1.24 bits per heavy atom. The summed E-state index contributed by atoms with van der Waals surface area (Å²) >= 11 is 0. The molecule has 0 radical (unpaired) electrons. The number of piperidine rings is 2. The first-order valence-corrected chi connectivity index (χ1v) is 11.7. The zero-order valence-electron chi connectivity index (χ0n) is 21.9. The molecule has 33 heavy (non-hydrogen) atoms. The molecule has 0 saturated carbocycles. The minimum Gasteiger partial charge on any atom is -0.460 e. The van der Waals surface area contributed by atoms with Crippen molar-refractivity contribution in [3.05, 3.63) is 0 Å². The van der Waals surface area contributed by atoms with Gasteiger partial charge in [0.2, 0.25) is 5.95 Å². The normalized spacial score (nSPS) is 25.6. The molecule has 1 aromatic heterocycles. The number of nitrogens with zero attached hydrogens (tertiary/aromatic N) is 6. The Morgan fingerprint density at radius 2 is 0.970 bits per heavy atom. The van der Waals surface area contributed by atoms with Crippen LogP contribution in [0.3, 0.4) is 0 Å². The monoisotopic (exact) mass is 466 g/mol. The van der Waals surface area contributed by atoms with Crippen LogP contribution in [0.2, 0.25) is 0 Å². The van der Waals surface area contributed by atoms with E-state index < -0.39 is 22.2 Å². The number of ether oxygens (including phenoxy) is 2. The average molecular weight is 467 g/mol. The topological polar surface area (TPSA) is 107 Å². The Morgan fingerprint density at radius 1 is 0.667 bits per heavy atom. The molecule has 2 aliphatic heterocycles. The highest BCUT2D eigenvalue weighted by Gasteiger charge is 2.47. The van der Waals surface area contributed by atoms with E-state index in [1.807, 2.05) is 69.5 Å². The van der Waals surface area contributed by atoms with E-state index in [9.17, 15) is 10.4 Å². The third kappa shape index (κ3) is 5.50. The van der Waals surface area contributed by atoms with Gasteiger partial charge in [-0.05, 0) is 55.4 Å². The molecule has 0 unspecified atom stereocenters. The summed E-state index contributed by atoms with van der Waals surface area (Å²) in [7, 11) is 3.71. The van der Waals surface area contributed by atoms with E-state index in [0.717, 1.165) is 0 Å². The Balaban J connectivity index is 1.83. The lowest BCUT2D eigenvalue weighted by atomic mass is 9.80. The Kier molecular flexibility index (Phi) is 6.65. The number of hydrogen-bond donors (Lipinski definition) is 2. The van der Waals surface area contributed by atoms with Gasteiger partial charge in [-0.3, -0.25) is 0 Å². The summed E-state index contributed by atoms with van der Waals surface area (Å²) in [6.07, 6.45) is 2.18. The van der Waals surface area contributed by atoms with Gasteiger partial charge in [0.15, 0.2) is 0 Å². The van der Waals surface area contributed by atoms with Gasteiger partial charge in [0.25, 0.3) is 0 Å². The summed E-state index contributed by atoms with van der Waals surface area (Å²) in [5.41, 5.74) is -1.78. The lowest BCUT2D eigenvalue weighted by Crippen LogP contribution is -2.61. The maximum atomic E-state index is 10.6. The molecule has 0 aliphatic carbocycles. The van der Waals surface area contributed by atoms with Crippen molar-refractivity contribution >= 4 is 5.95 Å². The molecule has 0 bridgehead atoms. The second kappa shape index (κ2) is 8.48. The van der Waals surface area contributed by atoms with Gasteiger partial charge < -0.3 is 24.8 Å². The Hall–Kier alpha value is -1.75. The molecule has 2 aliphatic rings. The standard InChI is InChI=1S/C23H42N6O4/c1-20(2)11-15(12-21(3,4)28(20)30)32-18-24-17(27(9)10)25-19(26-18)33-16-13-22(5,6)29(31)23(7,8)14-16/h15-16,30-31H,11-14H2,1-10H3. The van der Waals surface area contributed by atoms with Crippen molar-refractivity contribution in [1.82, 2.24) is 25.1 Å². The zero-order valence-corrected chi connectivity index (χ0v) is 21.9. The van der Waals surface area contributed by atoms with E-state index in [-0.39, 0.29) is 24.2 Å². The maximum Gasteiger partial charge on any atom is 0.324 e. The molecule has 3 rings (SSSR count). The van der Waals surface area contributed by atoms with Gasteiger partial charge in [-0.2, -0.15) is 20.1 Å². The van der Waals surface area contributed by atoms with E-state index in [4.69, 9.17) is 9.47 Å². The quantitative estimate of drug-likeness (QED) is 0.669. The lowest BCUT2D eigenvalue weighted by molar-refractivity contribution is -0.255. The first kappa shape index (κ1) is 25.9. The van der Waals surface area contributed by atoms with E-state index in [1.165, 1.54) is 10.1 Å². The summed E-state index contributed by atoms with van der Waals surface area (Å²) in [5, 5.41) is 24.0. The highest BCUT2D eigenvalue weighted by atomic mass is 16.5. The largest absolute Gasteiger partial charge is 0.460 e. The SMILES string of the molecule is CN(C)c1nc(OC2CC(C)(C)N(O)C(C)(C)C2)nc(OC2CC(C)(C)N(O)C(C)(C)C2)n1. The molecule has 10 nitrogen and oxygen atoms in total. The van der Waals surface area contributed by atoms with Gasteiger partial charge in [0, 0.05) is 61.9 Å². The van der Waals surface area contributed by atoms with Gasteiger partial charge in [0.1, 0.15) is 12.2 Å². The van der Waals surface area contributed by atoms with Crippen molar-refractivity contribution in [2.24, 2.45) is 0 Å². The van der Waals surface area contributed by atoms with Crippen molar-refractivity contribution in [3.63, 3.8) is 0 Å². The molecule has 1 aromatic rings. The molecule has 188 valence electrons. The van der Waals surface area contributed by atoms with Gasteiger partial charge in [-0.25, -0.2) is 0 Å². The van der Waals surface area contributed by atoms with Crippen molar-refractivity contribution in [2.45, 2.75) is 115 Å². The summed E-state index contributed by atoms with van der Waals surface area (Å²) in [5.74, 6) is 0.450. The number of rotatable bonds is 5. The lowest BCUT2D eigenvalue weighted by Gasteiger charge is -2.51. The van der Waals surface area contributed by atoms with Gasteiger partial charge >= 0.3 is 12.0 Å². The summed E-state index contributed by atoms with van der Waals surface area (Å²) in [4.78, 5) is 15.2. The number of anilines is 1. The van der Waals surface area contributed by atoms with Crippen molar-refractivity contribution in [2.75, 3.05) is 19.0 Å². The van der Waals surface area contributed by atoms with Crippen LogP contribution in [-0.4, -0.2) is 84.0 Å². The minimum atomic E-state index is -0.446. The highest BCUT2D eigenvalue weighted by molar-refractivity contribution is 5.29. The molecule has 0 spiro atoms. The number of hydroxylamine groups is 4. The summed E-state index contributed by atoms with van der Waals surface area (Å²) in [6, 6.07) is 0.426. The molecule has 2 fully saturated rings. The van der Waals surface area contributed by atoms with Crippen LogP contribution in [-0.2, 0) is 0 Å². The van der Waals surface area contributed by atoms with Crippen molar-refractivity contribution < 1.29 is 19.9 Å². The third-order valence-electron chi connectivity index (χ3n) is 6.73. The van der Waals surface area contributed by atoms with E-state index in [2.05, 4.69) is 15.0 Å². The van der Waals surface area contributed by atoms with Crippen LogP contribution in [0.5, 0.6) is 12.0 Å². The molecule has 2 saturated heterocycles. The van der Waals surface area contributed by atoms with Crippen LogP contribution in [0.4, 0.5) is 5.95 Å². The second-order valence-electron chi connectivity index (χ2n) is 12.3. The van der Waals surface area contributed by atoms with Crippen molar-refractivity contribution in [3.8, 4) is 12.0 Å². The molecule has 10 heteroatoms. The van der Waals surface area contributed by atoms with Crippen LogP contribution in [0, 0.1) is 0 Å². The van der Waals surface area contributed by atoms with Crippen molar-refractivity contribution in [1.29, 1.82) is 0 Å². The van der Waals surface area contributed by atoms with Gasteiger partial charge in [-0.1, -0.05) is 0 Å². The van der Waals surface area contributed by atoms with E-state index in [1.54, 1.807) is 4.90 Å². The average Bonchev–Trinajstić information content (AvgIpc) is 2.63. The van der Waals surface area contributed by atoms with Crippen LogP contribution in [0.25, 0.3) is 0 Å². The predicted octanol–water partition coefficient (Wildman–Crippen LogP) is 3.52. The summed E-state index contributed by atoms with van der Waals surface area (Å²) < 4.78 is 12.5. The fourth-order valence-electron chi connectivity index (χ4n) is 5.46.